The van der Waals surface area contributed by atoms with Gasteiger partial charge in [0.2, 0.25) is 0 Å². The summed E-state index contributed by atoms with van der Waals surface area (Å²) in [4.78, 5) is 22.9. The number of esters is 1. The minimum absolute atomic E-state index is 0.154. The highest BCUT2D eigenvalue weighted by molar-refractivity contribution is 5.69. The van der Waals surface area contributed by atoms with Crippen molar-refractivity contribution in [3.05, 3.63) is 0 Å². The highest BCUT2D eigenvalue weighted by atomic mass is 16.6. The Kier molecular flexibility index (Phi) is 6.30. The number of nitrogens with one attached hydrogen (secondary N) is 1. The SMILES string of the molecule is COC(=O)CC[C@@H]1CCC[C@@H](NC(=O)OC(C)(C)C)C1. The van der Waals surface area contributed by atoms with E-state index in [0.717, 1.165) is 32.1 Å². The van der Waals surface area contributed by atoms with Crippen LogP contribution in [0.3, 0.4) is 0 Å². The van der Waals surface area contributed by atoms with E-state index in [1.165, 1.54) is 7.11 Å². The fourth-order valence-corrected chi connectivity index (χ4v) is 2.58. The first-order chi connectivity index (χ1) is 9.30. The summed E-state index contributed by atoms with van der Waals surface area (Å²) >= 11 is 0. The number of hydrogen-bond donors (Lipinski definition) is 1. The van der Waals surface area contributed by atoms with E-state index in [0.29, 0.717) is 12.3 Å². The molecule has 0 aliphatic heterocycles. The van der Waals surface area contributed by atoms with Gasteiger partial charge in [0.1, 0.15) is 5.60 Å². The first kappa shape index (κ1) is 16.8. The largest absolute Gasteiger partial charge is 0.469 e. The van der Waals surface area contributed by atoms with Gasteiger partial charge in [0.05, 0.1) is 7.11 Å². The molecule has 0 spiro atoms. The van der Waals surface area contributed by atoms with E-state index in [2.05, 4.69) is 10.1 Å². The van der Waals surface area contributed by atoms with Gasteiger partial charge in [-0.25, -0.2) is 4.79 Å². The molecule has 0 radical (unpaired) electrons. The van der Waals surface area contributed by atoms with Gasteiger partial charge in [-0.3, -0.25) is 4.79 Å². The van der Waals surface area contributed by atoms with Crippen molar-refractivity contribution in [1.82, 2.24) is 5.32 Å². The maximum absolute atomic E-state index is 11.7. The van der Waals surface area contributed by atoms with Crippen LogP contribution in [0.15, 0.2) is 0 Å². The number of methoxy groups -OCH3 is 1. The molecule has 0 aromatic heterocycles. The van der Waals surface area contributed by atoms with Crippen LogP contribution in [0.5, 0.6) is 0 Å². The van der Waals surface area contributed by atoms with Crippen LogP contribution in [-0.2, 0) is 14.3 Å². The zero-order valence-corrected chi connectivity index (χ0v) is 13.0. The number of hydrogen-bond acceptors (Lipinski definition) is 4. The number of ether oxygens (including phenoxy) is 2. The van der Waals surface area contributed by atoms with Crippen molar-refractivity contribution in [3.63, 3.8) is 0 Å². The summed E-state index contributed by atoms with van der Waals surface area (Å²) in [6, 6.07) is 0.154. The smallest absolute Gasteiger partial charge is 0.407 e. The second-order valence-corrected chi connectivity index (χ2v) is 6.49. The highest BCUT2D eigenvalue weighted by Gasteiger charge is 2.25. The third-order valence-electron chi connectivity index (χ3n) is 3.49. The normalized spacial score (nSPS) is 23.0. The van der Waals surface area contributed by atoms with Crippen LogP contribution >= 0.6 is 0 Å². The van der Waals surface area contributed by atoms with Crippen LogP contribution in [0.2, 0.25) is 0 Å². The van der Waals surface area contributed by atoms with E-state index >= 15 is 0 Å². The molecule has 0 bridgehead atoms. The third kappa shape index (κ3) is 6.78. The molecule has 5 heteroatoms. The Morgan fingerprint density at radius 2 is 1.95 bits per heavy atom. The molecule has 0 aromatic carbocycles. The Morgan fingerprint density at radius 1 is 1.25 bits per heavy atom. The van der Waals surface area contributed by atoms with Crippen molar-refractivity contribution >= 4 is 12.1 Å². The molecule has 0 unspecified atom stereocenters. The van der Waals surface area contributed by atoms with Gasteiger partial charge in [0.25, 0.3) is 0 Å². The van der Waals surface area contributed by atoms with Crippen LogP contribution in [0.1, 0.15) is 59.3 Å². The summed E-state index contributed by atoms with van der Waals surface area (Å²) in [6.07, 6.45) is 5.02. The molecule has 1 aliphatic rings. The minimum atomic E-state index is -0.469. The predicted molar refractivity (Wildman–Crippen MR) is 76.4 cm³/mol. The molecule has 1 fully saturated rings. The summed E-state index contributed by atoms with van der Waals surface area (Å²) in [5, 5.41) is 2.93. The summed E-state index contributed by atoms with van der Waals surface area (Å²) in [6.45, 7) is 5.56. The van der Waals surface area contributed by atoms with Crippen molar-refractivity contribution in [3.8, 4) is 0 Å². The fourth-order valence-electron chi connectivity index (χ4n) is 2.58. The van der Waals surface area contributed by atoms with Crippen LogP contribution in [-0.4, -0.2) is 30.8 Å². The first-order valence-corrected chi connectivity index (χ1v) is 7.36. The monoisotopic (exact) mass is 285 g/mol. The van der Waals surface area contributed by atoms with Gasteiger partial charge < -0.3 is 14.8 Å². The van der Waals surface area contributed by atoms with Crippen molar-refractivity contribution < 1.29 is 19.1 Å². The van der Waals surface area contributed by atoms with Crippen LogP contribution in [0.25, 0.3) is 0 Å². The molecule has 1 aliphatic carbocycles. The van der Waals surface area contributed by atoms with Gasteiger partial charge in [-0.15, -0.1) is 0 Å². The second-order valence-electron chi connectivity index (χ2n) is 6.49. The average Bonchev–Trinajstić information content (AvgIpc) is 2.34. The van der Waals surface area contributed by atoms with Crippen molar-refractivity contribution in [2.45, 2.75) is 70.9 Å². The molecule has 1 saturated carbocycles. The fraction of sp³-hybridized carbons (Fsp3) is 0.867. The molecule has 0 aromatic rings. The lowest BCUT2D eigenvalue weighted by Crippen LogP contribution is -2.41. The standard InChI is InChI=1S/C15H27NO4/c1-15(2,3)20-14(18)16-12-7-5-6-11(10-12)8-9-13(17)19-4/h11-12H,5-10H2,1-4H3,(H,16,18)/t11-,12+/m0/s1. The van der Waals surface area contributed by atoms with E-state index in [4.69, 9.17) is 4.74 Å². The quantitative estimate of drug-likeness (QED) is 0.806. The van der Waals surface area contributed by atoms with E-state index in [1.807, 2.05) is 20.8 Å². The zero-order chi connectivity index (χ0) is 15.2. The number of rotatable bonds is 4. The molecule has 1 N–H and O–H groups in total. The van der Waals surface area contributed by atoms with E-state index in [-0.39, 0.29) is 18.1 Å². The van der Waals surface area contributed by atoms with Gasteiger partial charge in [-0.05, 0) is 46.0 Å². The molecule has 5 nitrogen and oxygen atoms in total. The summed E-state index contributed by atoms with van der Waals surface area (Å²) in [7, 11) is 1.41. The predicted octanol–water partition coefficient (Wildman–Crippen LogP) is 3.02. The zero-order valence-electron chi connectivity index (χ0n) is 13.0. The molecule has 0 heterocycles. The Balaban J connectivity index is 2.33. The molecule has 1 rings (SSSR count). The molecule has 20 heavy (non-hydrogen) atoms. The molecule has 2 atom stereocenters. The highest BCUT2D eigenvalue weighted by Crippen LogP contribution is 2.28. The van der Waals surface area contributed by atoms with E-state index in [9.17, 15) is 9.59 Å². The third-order valence-corrected chi connectivity index (χ3v) is 3.49. The molecular formula is C15H27NO4. The van der Waals surface area contributed by atoms with Gasteiger partial charge in [-0.2, -0.15) is 0 Å². The number of carbonyl (C=O) groups is 2. The van der Waals surface area contributed by atoms with Gasteiger partial charge in [-0.1, -0.05) is 12.8 Å². The van der Waals surface area contributed by atoms with Gasteiger partial charge in [0.15, 0.2) is 0 Å². The lowest BCUT2D eigenvalue weighted by atomic mass is 9.83. The summed E-state index contributed by atoms with van der Waals surface area (Å²) < 4.78 is 9.93. The maximum atomic E-state index is 11.7. The molecule has 1 amide bonds. The van der Waals surface area contributed by atoms with E-state index in [1.54, 1.807) is 0 Å². The average molecular weight is 285 g/mol. The van der Waals surface area contributed by atoms with Crippen molar-refractivity contribution in [2.24, 2.45) is 5.92 Å². The van der Waals surface area contributed by atoms with Crippen molar-refractivity contribution in [1.29, 1.82) is 0 Å². The molecule has 0 saturated heterocycles. The van der Waals surface area contributed by atoms with Crippen LogP contribution < -0.4 is 5.32 Å². The Bertz CT molecular complexity index is 335. The Morgan fingerprint density at radius 3 is 2.55 bits per heavy atom. The van der Waals surface area contributed by atoms with Gasteiger partial charge >= 0.3 is 12.1 Å². The summed E-state index contributed by atoms with van der Waals surface area (Å²) in [5.74, 6) is 0.315. The lowest BCUT2D eigenvalue weighted by molar-refractivity contribution is -0.141. The van der Waals surface area contributed by atoms with Gasteiger partial charge in [0, 0.05) is 12.5 Å². The second kappa shape index (κ2) is 7.50. The topological polar surface area (TPSA) is 64.6 Å². The van der Waals surface area contributed by atoms with Crippen LogP contribution in [0.4, 0.5) is 4.79 Å². The number of carbonyl (C=O) groups excluding carboxylic acids is 2. The minimum Gasteiger partial charge on any atom is -0.469 e. The Hall–Kier alpha value is -1.26. The Labute approximate surface area is 121 Å². The first-order valence-electron chi connectivity index (χ1n) is 7.36. The number of amides is 1. The maximum Gasteiger partial charge on any atom is 0.407 e. The number of alkyl carbamates (subject to hydrolysis) is 1. The molecular weight excluding hydrogens is 258 g/mol. The lowest BCUT2D eigenvalue weighted by Gasteiger charge is -2.30. The molecule has 116 valence electrons. The van der Waals surface area contributed by atoms with Crippen molar-refractivity contribution in [2.75, 3.05) is 7.11 Å². The van der Waals surface area contributed by atoms with Crippen LogP contribution in [0, 0.1) is 5.92 Å². The van der Waals surface area contributed by atoms with E-state index < -0.39 is 5.60 Å². The summed E-state index contributed by atoms with van der Waals surface area (Å²) in [5.41, 5.74) is -0.469.